The predicted octanol–water partition coefficient (Wildman–Crippen LogP) is 6.13. The molecule has 38 heavy (non-hydrogen) atoms. The van der Waals surface area contributed by atoms with Gasteiger partial charge in [-0.05, 0) is 103 Å². The van der Waals surface area contributed by atoms with E-state index in [1.54, 1.807) is 7.11 Å². The number of aliphatic carboxylic acids is 1. The van der Waals surface area contributed by atoms with Crippen molar-refractivity contribution in [2.75, 3.05) is 26.9 Å². The zero-order valence-electron chi connectivity index (χ0n) is 26.4. The summed E-state index contributed by atoms with van der Waals surface area (Å²) >= 11 is 0. The molecule has 0 aliphatic carbocycles. The Labute approximate surface area is 240 Å². The summed E-state index contributed by atoms with van der Waals surface area (Å²) in [7, 11) is -11.7. The van der Waals surface area contributed by atoms with Gasteiger partial charge in [-0.25, -0.2) is 0 Å². The minimum absolute atomic E-state index is 0.122. The van der Waals surface area contributed by atoms with E-state index in [2.05, 4.69) is 72.4 Å². The predicted molar refractivity (Wildman–Crippen MR) is 169 cm³/mol. The van der Waals surface area contributed by atoms with Crippen LogP contribution in [0.1, 0.15) is 32.6 Å². The van der Waals surface area contributed by atoms with Gasteiger partial charge in [-0.15, -0.1) is 0 Å². The molecule has 0 aromatic heterocycles. The van der Waals surface area contributed by atoms with E-state index >= 15 is 0 Å². The largest absolute Gasteiger partial charge is 0.481 e. The minimum atomic E-state index is -2.76. The Balaban J connectivity index is 5.86. The highest BCUT2D eigenvalue weighted by molar-refractivity contribution is 6.91. The third-order valence-electron chi connectivity index (χ3n) is 5.58. The highest BCUT2D eigenvalue weighted by Gasteiger charge is 2.50. The second-order valence-electron chi connectivity index (χ2n) is 12.2. The van der Waals surface area contributed by atoms with Crippen molar-refractivity contribution < 1.29 is 40.0 Å². The van der Waals surface area contributed by atoms with Gasteiger partial charge in [0.2, 0.25) is 0 Å². The van der Waals surface area contributed by atoms with E-state index in [0.29, 0.717) is 26.2 Å². The summed E-state index contributed by atoms with van der Waals surface area (Å²) in [4.78, 5) is 10.8. The number of carboxylic acids is 1. The number of rotatable bonds is 23. The van der Waals surface area contributed by atoms with Crippen molar-refractivity contribution in [1.29, 1.82) is 0 Å². The highest BCUT2D eigenvalue weighted by atomic mass is 28.5. The average molecular weight is 647 g/mol. The van der Waals surface area contributed by atoms with E-state index < -0.39 is 57.6 Å². The van der Waals surface area contributed by atoms with E-state index in [9.17, 15) is 4.79 Å². The van der Waals surface area contributed by atoms with Gasteiger partial charge < -0.3 is 35.2 Å². The molecule has 0 spiro atoms. The van der Waals surface area contributed by atoms with Crippen LogP contribution in [0, 0.1) is 0 Å². The first kappa shape index (κ1) is 38.5. The fraction of sp³-hybridized carbons (Fsp3) is 0.957. The SMILES string of the molecule is CC[Si](C)(O[SiH](C)C)O[Si](C)(CCCOC)O[Si](C)(CCCOCCCC(=O)O)O[Si](C)(C)O[Si](C)(C)C. The third kappa shape index (κ3) is 18.8. The van der Waals surface area contributed by atoms with Gasteiger partial charge in [0.1, 0.15) is 0 Å². The van der Waals surface area contributed by atoms with Gasteiger partial charge in [0.05, 0.1) is 0 Å². The lowest BCUT2D eigenvalue weighted by atomic mass is 10.3. The molecule has 3 atom stereocenters. The Morgan fingerprint density at radius 1 is 0.737 bits per heavy atom. The zero-order chi connectivity index (χ0) is 29.7. The number of methoxy groups -OCH3 is 1. The van der Waals surface area contributed by atoms with Gasteiger partial charge in [-0.2, -0.15) is 0 Å². The molecule has 0 aromatic rings. The minimum Gasteiger partial charge on any atom is -0.481 e. The number of carbonyl (C=O) groups is 1. The molecule has 0 amide bonds. The molecule has 0 aliphatic rings. The van der Waals surface area contributed by atoms with Crippen LogP contribution in [0.2, 0.25) is 83.6 Å². The molecule has 0 heterocycles. The fourth-order valence-corrected chi connectivity index (χ4v) is 32.6. The molecule has 0 saturated heterocycles. The average Bonchev–Trinajstić information content (AvgIpc) is 2.69. The molecule has 1 N–H and O–H groups in total. The summed E-state index contributed by atoms with van der Waals surface area (Å²) in [6.07, 6.45) is 2.26. The summed E-state index contributed by atoms with van der Waals surface area (Å²) < 4.78 is 45.2. The molecular weight excluding hydrogens is 589 g/mol. The van der Waals surface area contributed by atoms with Gasteiger partial charge in [-0.1, -0.05) is 6.92 Å². The summed E-state index contributed by atoms with van der Waals surface area (Å²) in [5.74, 6) is -0.797. The highest BCUT2D eigenvalue weighted by Crippen LogP contribution is 2.33. The van der Waals surface area contributed by atoms with Crippen molar-refractivity contribution in [3.8, 4) is 0 Å². The maximum absolute atomic E-state index is 10.8. The summed E-state index contributed by atoms with van der Waals surface area (Å²) in [6, 6.07) is 2.43. The second kappa shape index (κ2) is 17.4. The van der Waals surface area contributed by atoms with Crippen molar-refractivity contribution in [1.82, 2.24) is 0 Å². The number of carboxylic acid groups (broad SMARTS) is 1. The van der Waals surface area contributed by atoms with E-state index in [-0.39, 0.29) is 6.42 Å². The summed E-state index contributed by atoms with van der Waals surface area (Å²) in [5, 5.41) is 8.84. The third-order valence-corrected chi connectivity index (χ3v) is 28.3. The van der Waals surface area contributed by atoms with Gasteiger partial charge in [0.25, 0.3) is 0 Å². The van der Waals surface area contributed by atoms with Crippen LogP contribution in [0.25, 0.3) is 0 Å². The Bertz CT molecular complexity index is 682. The molecule has 228 valence electrons. The summed E-state index contributed by atoms with van der Waals surface area (Å²) in [6.45, 7) is 25.4. The van der Waals surface area contributed by atoms with Crippen LogP contribution in [0.3, 0.4) is 0 Å². The Morgan fingerprint density at radius 3 is 1.71 bits per heavy atom. The number of hydrogen-bond donors (Lipinski definition) is 1. The second-order valence-corrected chi connectivity index (χ2v) is 34.0. The summed E-state index contributed by atoms with van der Waals surface area (Å²) in [5.41, 5.74) is 0. The number of ether oxygens (including phenoxy) is 2. The maximum atomic E-state index is 10.8. The molecule has 9 nitrogen and oxygen atoms in total. The molecule has 0 rings (SSSR count). The van der Waals surface area contributed by atoms with Gasteiger partial charge >= 0.3 is 40.2 Å². The van der Waals surface area contributed by atoms with Crippen molar-refractivity contribution in [2.45, 2.75) is 116 Å². The van der Waals surface area contributed by atoms with Crippen LogP contribution in [0.4, 0.5) is 0 Å². The normalized spacial score (nSPS) is 17.7. The fourth-order valence-electron chi connectivity index (χ4n) is 4.58. The first-order valence-corrected chi connectivity index (χ1v) is 30.6. The van der Waals surface area contributed by atoms with Crippen molar-refractivity contribution in [3.63, 3.8) is 0 Å². The van der Waals surface area contributed by atoms with E-state index in [1.165, 1.54) is 0 Å². The topological polar surface area (TPSA) is 102 Å². The van der Waals surface area contributed by atoms with E-state index in [0.717, 1.165) is 31.0 Å². The van der Waals surface area contributed by atoms with Gasteiger partial charge in [0.15, 0.2) is 17.4 Å². The van der Waals surface area contributed by atoms with Crippen molar-refractivity contribution >= 4 is 57.6 Å². The van der Waals surface area contributed by atoms with Crippen LogP contribution >= 0.6 is 0 Å². The lowest BCUT2D eigenvalue weighted by Crippen LogP contribution is -2.61. The molecule has 0 bridgehead atoms. The molecule has 15 heteroatoms. The zero-order valence-corrected chi connectivity index (χ0v) is 32.5. The van der Waals surface area contributed by atoms with Gasteiger partial charge in [-0.3, -0.25) is 4.79 Å². The molecule has 0 aliphatic heterocycles. The first-order valence-electron chi connectivity index (χ1n) is 14.1. The molecule has 0 fully saturated rings. The standard InChI is InChI=1S/C23H58O9Si6/c1-13-36(10,28-33(3)4)31-38(12,21-15-18-26-2)32-37(11,30-35(8,9)29-34(5,6)7)22-16-20-27-19-14-17-23(24)25/h33H,13-22H2,1-12H3,(H,24,25). The van der Waals surface area contributed by atoms with Crippen molar-refractivity contribution in [3.05, 3.63) is 0 Å². The molecule has 3 unspecified atom stereocenters. The lowest BCUT2D eigenvalue weighted by molar-refractivity contribution is -0.137. The van der Waals surface area contributed by atoms with Crippen LogP contribution in [-0.4, -0.2) is 89.6 Å². The van der Waals surface area contributed by atoms with Crippen LogP contribution in [0.5, 0.6) is 0 Å². The molecule has 0 aromatic carbocycles. The smallest absolute Gasteiger partial charge is 0.317 e. The maximum Gasteiger partial charge on any atom is 0.317 e. The Hall–Kier alpha value is 0.491. The monoisotopic (exact) mass is 646 g/mol. The number of hydrogen-bond acceptors (Lipinski definition) is 8. The molecular formula is C23H58O9Si6. The Kier molecular flexibility index (Phi) is 17.7. The van der Waals surface area contributed by atoms with Gasteiger partial charge in [0, 0.05) is 33.4 Å². The van der Waals surface area contributed by atoms with Crippen LogP contribution in [0.15, 0.2) is 0 Å². The first-order chi connectivity index (χ1) is 17.3. The quantitative estimate of drug-likeness (QED) is 0.104. The van der Waals surface area contributed by atoms with Crippen LogP contribution < -0.4 is 0 Å². The molecule has 0 saturated carbocycles. The van der Waals surface area contributed by atoms with Crippen LogP contribution in [-0.2, 0) is 34.8 Å². The van der Waals surface area contributed by atoms with E-state index in [4.69, 9.17) is 35.2 Å². The van der Waals surface area contributed by atoms with E-state index in [1.807, 2.05) is 0 Å². The molecule has 0 radical (unpaired) electrons. The lowest BCUT2D eigenvalue weighted by Gasteiger charge is -2.45. The van der Waals surface area contributed by atoms with Crippen molar-refractivity contribution in [2.24, 2.45) is 0 Å². The Morgan fingerprint density at radius 2 is 1.24 bits per heavy atom.